The van der Waals surface area contributed by atoms with Crippen LogP contribution in [0.3, 0.4) is 0 Å². The highest BCUT2D eigenvalue weighted by atomic mass is 35.5. The molecule has 1 aromatic heterocycles. The maximum Gasteiger partial charge on any atom is 0.349 e. The minimum Gasteiger partial charge on any atom is -0.508 e. The van der Waals surface area contributed by atoms with Crippen molar-refractivity contribution in [2.45, 2.75) is 6.54 Å². The summed E-state index contributed by atoms with van der Waals surface area (Å²) >= 11 is 5.71. The summed E-state index contributed by atoms with van der Waals surface area (Å²) in [7, 11) is 1.34. The van der Waals surface area contributed by atoms with E-state index in [1.165, 1.54) is 25.3 Å². The second-order valence-corrected chi connectivity index (χ2v) is 5.50. The van der Waals surface area contributed by atoms with Crippen LogP contribution in [0.25, 0.3) is 10.9 Å². The van der Waals surface area contributed by atoms with Crippen LogP contribution >= 0.6 is 11.6 Å². The summed E-state index contributed by atoms with van der Waals surface area (Å²) in [5.74, 6) is -3.86. The van der Waals surface area contributed by atoms with Crippen LogP contribution in [0.1, 0.15) is 5.56 Å². The third-order valence-electron chi connectivity index (χ3n) is 3.65. The molecule has 0 radical (unpaired) electrons. The predicted octanol–water partition coefficient (Wildman–Crippen LogP) is 3.23. The van der Waals surface area contributed by atoms with E-state index in [9.17, 15) is 23.1 Å². The SMILES string of the molecule is COc1cc(O)ccc1Cn1c(=O)nc(Cl)c2c(F)c(F)cc(F)c21. The van der Waals surface area contributed by atoms with Crippen LogP contribution in [-0.2, 0) is 6.54 Å². The average molecular weight is 371 g/mol. The Labute approximate surface area is 143 Å². The number of halogens is 4. The van der Waals surface area contributed by atoms with Crippen molar-refractivity contribution in [2.75, 3.05) is 7.11 Å². The quantitative estimate of drug-likeness (QED) is 0.568. The molecule has 1 N–H and O–H groups in total. The molecule has 0 bridgehead atoms. The molecule has 0 fully saturated rings. The molecular weight excluding hydrogens is 361 g/mol. The van der Waals surface area contributed by atoms with Crippen LogP contribution < -0.4 is 10.4 Å². The zero-order chi connectivity index (χ0) is 18.3. The van der Waals surface area contributed by atoms with Crippen LogP contribution in [0.5, 0.6) is 11.5 Å². The normalized spacial score (nSPS) is 11.1. The second kappa shape index (κ2) is 6.29. The van der Waals surface area contributed by atoms with Crippen molar-refractivity contribution in [3.8, 4) is 11.5 Å². The summed E-state index contributed by atoms with van der Waals surface area (Å²) < 4.78 is 47.7. The van der Waals surface area contributed by atoms with Gasteiger partial charge in [0.25, 0.3) is 0 Å². The van der Waals surface area contributed by atoms with Gasteiger partial charge < -0.3 is 9.84 Å². The first-order valence-electron chi connectivity index (χ1n) is 6.93. The molecule has 0 spiro atoms. The molecule has 0 atom stereocenters. The Morgan fingerprint density at radius 3 is 2.64 bits per heavy atom. The van der Waals surface area contributed by atoms with Gasteiger partial charge in [0.15, 0.2) is 17.5 Å². The van der Waals surface area contributed by atoms with E-state index in [1.807, 2.05) is 0 Å². The molecule has 2 aromatic carbocycles. The van der Waals surface area contributed by atoms with E-state index < -0.39 is 39.2 Å². The minimum atomic E-state index is -1.44. The van der Waals surface area contributed by atoms with E-state index >= 15 is 0 Å². The predicted molar refractivity (Wildman–Crippen MR) is 84.6 cm³/mol. The Morgan fingerprint density at radius 2 is 1.96 bits per heavy atom. The first-order chi connectivity index (χ1) is 11.8. The van der Waals surface area contributed by atoms with Crippen molar-refractivity contribution >= 4 is 22.5 Å². The van der Waals surface area contributed by atoms with Crippen molar-refractivity contribution < 1.29 is 23.0 Å². The number of rotatable bonds is 3. The molecule has 0 aliphatic rings. The summed E-state index contributed by atoms with van der Waals surface area (Å²) in [4.78, 5) is 15.6. The Hall–Kier alpha value is -2.74. The molecule has 3 aromatic rings. The molecule has 0 aliphatic heterocycles. The third-order valence-corrected chi connectivity index (χ3v) is 3.92. The second-order valence-electron chi connectivity index (χ2n) is 5.15. The smallest absolute Gasteiger partial charge is 0.349 e. The highest BCUT2D eigenvalue weighted by molar-refractivity contribution is 6.34. The summed E-state index contributed by atoms with van der Waals surface area (Å²) in [6, 6.07) is 4.41. The third kappa shape index (κ3) is 2.89. The molecule has 25 heavy (non-hydrogen) atoms. The minimum absolute atomic E-state index is 0.0775. The monoisotopic (exact) mass is 370 g/mol. The fourth-order valence-electron chi connectivity index (χ4n) is 2.51. The van der Waals surface area contributed by atoms with Crippen LogP contribution in [0.4, 0.5) is 13.2 Å². The van der Waals surface area contributed by atoms with Gasteiger partial charge in [0.2, 0.25) is 0 Å². The van der Waals surface area contributed by atoms with Gasteiger partial charge >= 0.3 is 5.69 Å². The number of methoxy groups -OCH3 is 1. The van der Waals surface area contributed by atoms with E-state index in [0.29, 0.717) is 11.6 Å². The van der Waals surface area contributed by atoms with Gasteiger partial charge in [-0.25, -0.2) is 18.0 Å². The molecule has 5 nitrogen and oxygen atoms in total. The van der Waals surface area contributed by atoms with Gasteiger partial charge in [0, 0.05) is 17.7 Å². The fraction of sp³-hybridized carbons (Fsp3) is 0.125. The fourth-order valence-corrected chi connectivity index (χ4v) is 2.76. The lowest BCUT2D eigenvalue weighted by atomic mass is 10.1. The van der Waals surface area contributed by atoms with Gasteiger partial charge in [0.1, 0.15) is 16.7 Å². The molecule has 9 heteroatoms. The molecule has 0 unspecified atom stereocenters. The number of phenolic OH excluding ortho intramolecular Hbond substituents is 1. The zero-order valence-electron chi connectivity index (χ0n) is 12.7. The molecule has 0 aliphatic carbocycles. The number of phenols is 1. The molecule has 0 saturated carbocycles. The van der Waals surface area contributed by atoms with Gasteiger partial charge in [-0.1, -0.05) is 11.6 Å². The zero-order valence-corrected chi connectivity index (χ0v) is 13.4. The molecule has 0 amide bonds. The van der Waals surface area contributed by atoms with Crippen LogP contribution in [0, 0.1) is 17.5 Å². The molecule has 130 valence electrons. The summed E-state index contributed by atoms with van der Waals surface area (Å²) in [5, 5.41) is 8.22. The summed E-state index contributed by atoms with van der Waals surface area (Å²) in [6.45, 7) is -0.259. The Bertz CT molecular complexity index is 1050. The van der Waals surface area contributed by atoms with Gasteiger partial charge in [-0.3, -0.25) is 4.57 Å². The molecule has 3 rings (SSSR count). The number of hydrogen-bond donors (Lipinski definition) is 1. The van der Waals surface area contributed by atoms with E-state index in [4.69, 9.17) is 16.3 Å². The summed E-state index contributed by atoms with van der Waals surface area (Å²) in [5.41, 5.74) is -1.08. The van der Waals surface area contributed by atoms with Gasteiger partial charge in [-0.05, 0) is 12.1 Å². The van der Waals surface area contributed by atoms with Crippen LogP contribution in [-0.4, -0.2) is 21.8 Å². The number of aromatic nitrogens is 2. The number of benzene rings is 2. The van der Waals surface area contributed by atoms with E-state index in [0.717, 1.165) is 4.57 Å². The Balaban J connectivity index is 2.31. The van der Waals surface area contributed by atoms with Gasteiger partial charge in [-0.2, -0.15) is 4.98 Å². The first-order valence-corrected chi connectivity index (χ1v) is 7.30. The van der Waals surface area contributed by atoms with E-state index in [-0.39, 0.29) is 18.0 Å². The van der Waals surface area contributed by atoms with Crippen molar-refractivity contribution in [1.29, 1.82) is 0 Å². The number of hydrogen-bond acceptors (Lipinski definition) is 4. The maximum atomic E-state index is 14.3. The lowest BCUT2D eigenvalue weighted by Gasteiger charge is -2.14. The van der Waals surface area contributed by atoms with Gasteiger partial charge in [-0.15, -0.1) is 0 Å². The molecule has 1 heterocycles. The van der Waals surface area contributed by atoms with Crippen molar-refractivity contribution in [3.63, 3.8) is 0 Å². The van der Waals surface area contributed by atoms with Crippen molar-refractivity contribution in [2.24, 2.45) is 0 Å². The lowest BCUT2D eigenvalue weighted by Crippen LogP contribution is -2.25. The molecule has 0 saturated heterocycles. The summed E-state index contributed by atoms with van der Waals surface area (Å²) in [6.07, 6.45) is 0. The standard InChI is InChI=1S/C16H10ClF3N2O3/c1-25-11-4-8(23)3-2-7(11)6-22-14-10(19)5-9(18)13(20)12(14)15(17)21-16(22)24/h2-5,23H,6H2,1H3. The average Bonchev–Trinajstić information content (AvgIpc) is 2.56. The highest BCUT2D eigenvalue weighted by Crippen LogP contribution is 2.29. The highest BCUT2D eigenvalue weighted by Gasteiger charge is 2.21. The largest absolute Gasteiger partial charge is 0.508 e. The lowest BCUT2D eigenvalue weighted by molar-refractivity contribution is 0.401. The van der Waals surface area contributed by atoms with Crippen molar-refractivity contribution in [3.05, 3.63) is 62.9 Å². The number of aromatic hydroxyl groups is 1. The Kier molecular flexibility index (Phi) is 4.30. The van der Waals surface area contributed by atoms with Crippen LogP contribution in [0.2, 0.25) is 5.15 Å². The Morgan fingerprint density at radius 1 is 1.24 bits per heavy atom. The number of ether oxygens (including phenoxy) is 1. The molecular formula is C16H10ClF3N2O3. The van der Waals surface area contributed by atoms with Crippen molar-refractivity contribution in [1.82, 2.24) is 9.55 Å². The van der Waals surface area contributed by atoms with E-state index in [1.54, 1.807) is 0 Å². The van der Waals surface area contributed by atoms with Gasteiger partial charge in [0.05, 0.1) is 24.6 Å². The maximum absolute atomic E-state index is 14.3. The number of fused-ring (bicyclic) bond motifs is 1. The van der Waals surface area contributed by atoms with Crippen LogP contribution in [0.15, 0.2) is 29.1 Å². The van der Waals surface area contributed by atoms with E-state index in [2.05, 4.69) is 4.98 Å². The topological polar surface area (TPSA) is 64.3 Å². The number of nitrogens with zero attached hydrogens (tertiary/aromatic N) is 2. The first kappa shape index (κ1) is 17.1.